The zero-order valence-corrected chi connectivity index (χ0v) is 25.1. The average Bonchev–Trinajstić information content (AvgIpc) is 3.68. The Morgan fingerprint density at radius 2 is 1.84 bits per heavy atom. The third kappa shape index (κ3) is 7.29. The van der Waals surface area contributed by atoms with Gasteiger partial charge in [0.05, 0.1) is 6.61 Å². The molecule has 234 valence electrons. The van der Waals surface area contributed by atoms with Gasteiger partial charge in [-0.2, -0.15) is 0 Å². The van der Waals surface area contributed by atoms with Crippen LogP contribution in [0.1, 0.15) is 81.2 Å². The van der Waals surface area contributed by atoms with Crippen molar-refractivity contribution in [3.63, 3.8) is 0 Å². The van der Waals surface area contributed by atoms with Crippen LogP contribution in [0.2, 0.25) is 0 Å². The third-order valence-electron chi connectivity index (χ3n) is 9.32. The number of carbonyl (C=O) groups is 3. The molecule has 2 aromatic rings. The lowest BCUT2D eigenvalue weighted by Crippen LogP contribution is -2.47. The van der Waals surface area contributed by atoms with Gasteiger partial charge in [0.1, 0.15) is 18.3 Å². The van der Waals surface area contributed by atoms with Crippen molar-refractivity contribution >= 4 is 34.4 Å². The number of anilines is 1. The number of ether oxygens (including phenoxy) is 2. The Labute approximate surface area is 252 Å². The number of hydrogen-bond acceptors (Lipinski definition) is 7. The molecule has 2 atom stereocenters. The summed E-state index contributed by atoms with van der Waals surface area (Å²) in [5.74, 6) is -0.755. The Hall–Kier alpha value is -3.24. The van der Waals surface area contributed by atoms with Crippen LogP contribution in [0.5, 0.6) is 0 Å². The molecule has 1 aromatic carbocycles. The van der Waals surface area contributed by atoms with Crippen molar-refractivity contribution in [2.75, 3.05) is 38.9 Å². The van der Waals surface area contributed by atoms with Gasteiger partial charge in [-0.05, 0) is 93.5 Å². The van der Waals surface area contributed by atoms with Crippen molar-refractivity contribution in [2.45, 2.75) is 82.7 Å². The topological polar surface area (TPSA) is 124 Å². The fraction of sp³-hybridized carbons (Fsp3) is 0.606. The number of likely N-dealkylation sites (tertiary alicyclic amines) is 1. The van der Waals surface area contributed by atoms with Gasteiger partial charge in [0.15, 0.2) is 0 Å². The number of halogens is 1. The van der Waals surface area contributed by atoms with E-state index in [1.54, 1.807) is 36.3 Å². The number of furan rings is 1. The summed E-state index contributed by atoms with van der Waals surface area (Å²) >= 11 is 0. The number of hydrogen-bond donors (Lipinski definition) is 2. The number of nitrogens with two attached hydrogens (primary N) is 1. The molecule has 1 aliphatic heterocycles. The Bertz CT molecular complexity index is 1320. The van der Waals surface area contributed by atoms with E-state index in [1.807, 2.05) is 0 Å². The molecule has 2 saturated carbocycles. The van der Waals surface area contributed by atoms with Crippen LogP contribution in [-0.2, 0) is 19.1 Å². The monoisotopic (exact) mass is 597 g/mol. The van der Waals surface area contributed by atoms with E-state index in [1.165, 1.54) is 12.0 Å². The predicted octanol–water partition coefficient (Wildman–Crippen LogP) is 5.53. The van der Waals surface area contributed by atoms with Gasteiger partial charge < -0.3 is 29.8 Å². The second kappa shape index (κ2) is 14.5. The van der Waals surface area contributed by atoms with E-state index < -0.39 is 24.7 Å². The average molecular weight is 598 g/mol. The van der Waals surface area contributed by atoms with Crippen molar-refractivity contribution in [1.82, 2.24) is 4.90 Å². The first-order valence-corrected chi connectivity index (χ1v) is 15.7. The van der Waals surface area contributed by atoms with E-state index in [0.717, 1.165) is 44.1 Å². The molecular weight excluding hydrogens is 553 g/mol. The molecule has 5 rings (SSSR count). The third-order valence-corrected chi connectivity index (χ3v) is 9.32. The van der Waals surface area contributed by atoms with Gasteiger partial charge in [-0.15, -0.1) is 0 Å². The minimum Gasteiger partial charge on any atom is -0.460 e. The fourth-order valence-corrected chi connectivity index (χ4v) is 6.93. The molecule has 9 nitrogen and oxygen atoms in total. The van der Waals surface area contributed by atoms with E-state index in [0.29, 0.717) is 55.5 Å². The molecular formula is C33H44FN3O6. The number of amides is 2. The Morgan fingerprint density at radius 3 is 2.56 bits per heavy atom. The minimum absolute atomic E-state index is 0.0118. The molecule has 10 heteroatoms. The molecule has 3 fully saturated rings. The highest BCUT2D eigenvalue weighted by molar-refractivity contribution is 6.02. The summed E-state index contributed by atoms with van der Waals surface area (Å²) in [6.45, 7) is 0.705. The second-order valence-corrected chi connectivity index (χ2v) is 12.1. The number of carbonyl (C=O) groups excluding carboxylic acids is 3. The van der Waals surface area contributed by atoms with Crippen LogP contribution in [0, 0.1) is 11.8 Å². The van der Waals surface area contributed by atoms with Crippen LogP contribution in [0.3, 0.4) is 0 Å². The Morgan fingerprint density at radius 1 is 1.07 bits per heavy atom. The first-order valence-electron chi connectivity index (χ1n) is 15.7. The number of methoxy groups -OCH3 is 1. The molecule has 0 radical (unpaired) electrons. The van der Waals surface area contributed by atoms with Crippen LogP contribution < -0.4 is 11.1 Å². The van der Waals surface area contributed by atoms with Gasteiger partial charge in [0.2, 0.25) is 11.7 Å². The van der Waals surface area contributed by atoms with Gasteiger partial charge in [0, 0.05) is 49.7 Å². The van der Waals surface area contributed by atoms with E-state index >= 15 is 0 Å². The number of fused-ring (bicyclic) bond motifs is 1. The molecule has 2 aliphatic carbocycles. The fourth-order valence-electron chi connectivity index (χ4n) is 6.93. The van der Waals surface area contributed by atoms with Gasteiger partial charge in [0.25, 0.3) is 5.91 Å². The van der Waals surface area contributed by atoms with Gasteiger partial charge >= 0.3 is 5.97 Å². The number of nitrogens with one attached hydrogen (secondary N) is 1. The summed E-state index contributed by atoms with van der Waals surface area (Å²) in [4.78, 5) is 42.0. The highest BCUT2D eigenvalue weighted by Gasteiger charge is 2.42. The molecule has 1 saturated heterocycles. The van der Waals surface area contributed by atoms with Crippen molar-refractivity contribution in [2.24, 2.45) is 17.6 Å². The second-order valence-electron chi connectivity index (χ2n) is 12.1. The van der Waals surface area contributed by atoms with E-state index in [2.05, 4.69) is 5.32 Å². The smallest absolute Gasteiger partial charge is 0.374 e. The number of allylic oxidation sites excluding steroid dienone is 1. The van der Waals surface area contributed by atoms with Crippen molar-refractivity contribution in [3.8, 4) is 0 Å². The SMILES string of the molecule is COCCCOC(=O)c1cc2cc(NC(=O)[C@@H]3C(=C4CCCCC4)CCN3C(=O)C3CCC([C@H](N)CF)CC3)ccc2o1. The summed E-state index contributed by atoms with van der Waals surface area (Å²) in [6.07, 6.45) is 9.43. The molecule has 3 aliphatic rings. The molecule has 2 amide bonds. The van der Waals surface area contributed by atoms with E-state index in [-0.39, 0.29) is 36.0 Å². The molecule has 0 unspecified atom stereocenters. The molecule has 0 spiro atoms. The van der Waals surface area contributed by atoms with E-state index in [4.69, 9.17) is 19.6 Å². The van der Waals surface area contributed by atoms with Crippen LogP contribution >= 0.6 is 0 Å². The maximum Gasteiger partial charge on any atom is 0.374 e. The van der Waals surface area contributed by atoms with Crippen LogP contribution in [-0.4, -0.2) is 68.3 Å². The highest BCUT2D eigenvalue weighted by atomic mass is 19.1. The van der Waals surface area contributed by atoms with Crippen LogP contribution in [0.25, 0.3) is 11.0 Å². The summed E-state index contributed by atoms with van der Waals surface area (Å²) in [5.41, 5.74) is 9.42. The predicted molar refractivity (Wildman–Crippen MR) is 161 cm³/mol. The summed E-state index contributed by atoms with van der Waals surface area (Å²) in [7, 11) is 1.59. The van der Waals surface area contributed by atoms with Crippen LogP contribution in [0.4, 0.5) is 10.1 Å². The van der Waals surface area contributed by atoms with Crippen LogP contribution in [0.15, 0.2) is 39.8 Å². The number of alkyl halides is 1. The maximum atomic E-state index is 14.0. The van der Waals surface area contributed by atoms with Gasteiger partial charge in [-0.1, -0.05) is 12.0 Å². The zero-order chi connectivity index (χ0) is 30.3. The summed E-state index contributed by atoms with van der Waals surface area (Å²) < 4.78 is 29.0. The highest BCUT2D eigenvalue weighted by Crippen LogP contribution is 2.38. The number of nitrogens with zero attached hydrogens (tertiary/aromatic N) is 1. The maximum absolute atomic E-state index is 14.0. The van der Waals surface area contributed by atoms with Gasteiger partial charge in [-0.3, -0.25) is 9.59 Å². The molecule has 2 heterocycles. The summed E-state index contributed by atoms with van der Waals surface area (Å²) in [5, 5.41) is 3.71. The number of rotatable bonds is 10. The Kier molecular flexibility index (Phi) is 10.5. The molecule has 43 heavy (non-hydrogen) atoms. The standard InChI is InChI=1S/C33H44FN3O6/c1-41-16-5-17-42-33(40)29-19-24-18-25(12-13-28(24)43-29)36-31(38)30-26(21-6-3-2-4-7-21)14-15-37(30)32(39)23-10-8-22(9-11-23)27(35)20-34/h12-13,18-19,22-23,27,30H,2-11,14-17,20,35H2,1H3,(H,36,38)/t22?,23?,27-,30+/m1/s1. The lowest BCUT2D eigenvalue weighted by molar-refractivity contribution is -0.140. The lowest BCUT2D eigenvalue weighted by atomic mass is 9.78. The largest absolute Gasteiger partial charge is 0.460 e. The number of esters is 1. The lowest BCUT2D eigenvalue weighted by Gasteiger charge is -2.34. The normalized spacial score (nSPS) is 23.4. The number of benzene rings is 1. The van der Waals surface area contributed by atoms with Crippen molar-refractivity contribution in [3.05, 3.63) is 41.2 Å². The van der Waals surface area contributed by atoms with Crippen molar-refractivity contribution in [1.29, 1.82) is 0 Å². The molecule has 3 N–H and O–H groups in total. The minimum atomic E-state index is -0.649. The molecule has 1 aromatic heterocycles. The Balaban J connectivity index is 1.31. The summed E-state index contributed by atoms with van der Waals surface area (Å²) in [6, 6.07) is 5.70. The quantitative estimate of drug-likeness (QED) is 0.210. The van der Waals surface area contributed by atoms with Gasteiger partial charge in [-0.25, -0.2) is 9.18 Å². The zero-order valence-electron chi connectivity index (χ0n) is 25.1. The first kappa shape index (κ1) is 31.2. The first-order chi connectivity index (χ1) is 20.9. The van der Waals surface area contributed by atoms with Crippen molar-refractivity contribution < 1.29 is 32.7 Å². The van der Waals surface area contributed by atoms with E-state index in [9.17, 15) is 18.8 Å². The molecule has 0 bridgehead atoms.